The van der Waals surface area contributed by atoms with E-state index in [4.69, 9.17) is 5.73 Å². The summed E-state index contributed by atoms with van der Waals surface area (Å²) in [6.07, 6.45) is 0. The Morgan fingerprint density at radius 3 is 2.58 bits per heavy atom. The van der Waals surface area contributed by atoms with Crippen molar-refractivity contribution < 1.29 is 13.6 Å². The molecule has 1 amide bonds. The van der Waals surface area contributed by atoms with Crippen molar-refractivity contribution in [2.75, 3.05) is 5.32 Å². The molecular formula is C14H12F2N2O. The number of carbonyl (C=O) groups is 1. The molecule has 0 radical (unpaired) electrons. The minimum Gasteiger partial charge on any atom is -0.381 e. The molecule has 3 nitrogen and oxygen atoms in total. The third kappa shape index (κ3) is 3.28. The zero-order chi connectivity index (χ0) is 13.8. The van der Waals surface area contributed by atoms with Crippen LogP contribution < -0.4 is 11.1 Å². The van der Waals surface area contributed by atoms with Crippen LogP contribution in [0.5, 0.6) is 0 Å². The summed E-state index contributed by atoms with van der Waals surface area (Å²) in [5, 5.41) is 2.90. The minimum atomic E-state index is -0.677. The average Bonchev–Trinajstić information content (AvgIpc) is 2.37. The highest BCUT2D eigenvalue weighted by Gasteiger charge is 2.07. The van der Waals surface area contributed by atoms with Gasteiger partial charge in [0.25, 0.3) is 0 Å². The summed E-state index contributed by atoms with van der Waals surface area (Å²) in [5.41, 5.74) is 6.09. The van der Waals surface area contributed by atoms with Crippen molar-refractivity contribution in [1.82, 2.24) is 0 Å². The molecule has 0 saturated heterocycles. The number of halogens is 2. The summed E-state index contributed by atoms with van der Waals surface area (Å²) in [7, 11) is 0. The number of nitrogens with one attached hydrogen (secondary N) is 1. The lowest BCUT2D eigenvalue weighted by Gasteiger charge is -2.08. The van der Waals surface area contributed by atoms with Gasteiger partial charge in [0.05, 0.1) is 0 Å². The van der Waals surface area contributed by atoms with Crippen molar-refractivity contribution in [3.8, 4) is 0 Å². The van der Waals surface area contributed by atoms with E-state index >= 15 is 0 Å². The van der Waals surface area contributed by atoms with Crippen LogP contribution in [-0.2, 0) is 6.54 Å². The van der Waals surface area contributed by atoms with Gasteiger partial charge in [0.1, 0.15) is 11.6 Å². The monoisotopic (exact) mass is 262 g/mol. The molecule has 0 atom stereocenters. The number of hydrogen-bond acceptors (Lipinski definition) is 2. The molecule has 19 heavy (non-hydrogen) atoms. The molecule has 0 spiro atoms. The Kier molecular flexibility index (Phi) is 3.75. The molecule has 2 aromatic carbocycles. The summed E-state index contributed by atoms with van der Waals surface area (Å²) in [6.45, 7) is 0.189. The highest BCUT2D eigenvalue weighted by Crippen LogP contribution is 2.14. The van der Waals surface area contributed by atoms with E-state index in [0.717, 1.165) is 6.07 Å². The lowest BCUT2D eigenvalue weighted by Crippen LogP contribution is -2.12. The topological polar surface area (TPSA) is 55.1 Å². The third-order valence-electron chi connectivity index (χ3n) is 2.65. The zero-order valence-electron chi connectivity index (χ0n) is 9.99. The first kappa shape index (κ1) is 13.0. The van der Waals surface area contributed by atoms with Crippen LogP contribution in [0.1, 0.15) is 15.9 Å². The molecule has 98 valence electrons. The fourth-order valence-corrected chi connectivity index (χ4v) is 1.64. The Balaban J connectivity index is 2.10. The molecule has 3 N–H and O–H groups in total. The molecule has 0 aliphatic heterocycles. The highest BCUT2D eigenvalue weighted by molar-refractivity contribution is 5.92. The Labute approximate surface area is 109 Å². The lowest BCUT2D eigenvalue weighted by molar-refractivity contribution is 0.1000. The van der Waals surface area contributed by atoms with Gasteiger partial charge in [-0.15, -0.1) is 0 Å². The molecule has 5 heteroatoms. The van der Waals surface area contributed by atoms with Crippen LogP contribution in [0.15, 0.2) is 42.5 Å². The molecule has 0 bridgehead atoms. The molecular weight excluding hydrogens is 250 g/mol. The van der Waals surface area contributed by atoms with E-state index in [1.165, 1.54) is 24.3 Å². The first-order valence-corrected chi connectivity index (χ1v) is 5.64. The number of amides is 1. The number of carbonyl (C=O) groups excluding carboxylic acids is 1. The summed E-state index contributed by atoms with van der Waals surface area (Å²) >= 11 is 0. The van der Waals surface area contributed by atoms with Gasteiger partial charge in [-0.05, 0) is 30.3 Å². The van der Waals surface area contributed by atoms with E-state index in [0.29, 0.717) is 11.3 Å². The van der Waals surface area contributed by atoms with Gasteiger partial charge in [0.15, 0.2) is 0 Å². The largest absolute Gasteiger partial charge is 0.381 e. The molecule has 2 rings (SSSR count). The van der Waals surface area contributed by atoms with Gasteiger partial charge in [-0.2, -0.15) is 0 Å². The maximum absolute atomic E-state index is 13.7. The number of primary amides is 1. The SMILES string of the molecule is NC(=O)c1ccc(CNc2cccc(F)c2)c(F)c1. The van der Waals surface area contributed by atoms with Gasteiger partial charge in [-0.3, -0.25) is 4.79 Å². The molecule has 0 aliphatic carbocycles. The van der Waals surface area contributed by atoms with Gasteiger partial charge in [-0.25, -0.2) is 8.78 Å². The van der Waals surface area contributed by atoms with Crippen molar-refractivity contribution in [2.45, 2.75) is 6.54 Å². The Hall–Kier alpha value is -2.43. The quantitative estimate of drug-likeness (QED) is 0.890. The predicted octanol–water partition coefficient (Wildman–Crippen LogP) is 2.68. The van der Waals surface area contributed by atoms with Crippen LogP contribution in [0.4, 0.5) is 14.5 Å². The molecule has 0 heterocycles. The maximum atomic E-state index is 13.7. The summed E-state index contributed by atoms with van der Waals surface area (Å²) in [4.78, 5) is 10.9. The van der Waals surface area contributed by atoms with E-state index in [2.05, 4.69) is 5.32 Å². The fraction of sp³-hybridized carbons (Fsp3) is 0.0714. The van der Waals surface area contributed by atoms with Crippen LogP contribution in [0.2, 0.25) is 0 Å². The molecule has 0 unspecified atom stereocenters. The van der Waals surface area contributed by atoms with E-state index in [1.807, 2.05) is 0 Å². The van der Waals surface area contributed by atoms with Crippen LogP contribution >= 0.6 is 0 Å². The van der Waals surface area contributed by atoms with Crippen LogP contribution in [0.3, 0.4) is 0 Å². The number of anilines is 1. The lowest BCUT2D eigenvalue weighted by atomic mass is 10.1. The normalized spacial score (nSPS) is 10.2. The minimum absolute atomic E-state index is 0.118. The van der Waals surface area contributed by atoms with Gasteiger partial charge in [-0.1, -0.05) is 12.1 Å². The Morgan fingerprint density at radius 1 is 1.16 bits per heavy atom. The van der Waals surface area contributed by atoms with Crippen molar-refractivity contribution >= 4 is 11.6 Å². The Morgan fingerprint density at radius 2 is 1.95 bits per heavy atom. The molecule has 0 saturated carbocycles. The number of benzene rings is 2. The second-order valence-corrected chi connectivity index (χ2v) is 4.03. The van der Waals surface area contributed by atoms with Crippen molar-refractivity contribution in [2.24, 2.45) is 5.73 Å². The molecule has 0 fully saturated rings. The number of hydrogen-bond donors (Lipinski definition) is 2. The Bertz CT molecular complexity index is 614. The van der Waals surface area contributed by atoms with Crippen molar-refractivity contribution in [3.63, 3.8) is 0 Å². The van der Waals surface area contributed by atoms with Crippen LogP contribution in [-0.4, -0.2) is 5.91 Å². The van der Waals surface area contributed by atoms with E-state index < -0.39 is 11.7 Å². The molecule has 2 aromatic rings. The second-order valence-electron chi connectivity index (χ2n) is 4.03. The predicted molar refractivity (Wildman–Crippen MR) is 68.6 cm³/mol. The number of nitrogens with two attached hydrogens (primary N) is 1. The zero-order valence-corrected chi connectivity index (χ0v) is 9.99. The molecule has 0 aliphatic rings. The first-order chi connectivity index (χ1) is 9.06. The molecule has 0 aromatic heterocycles. The smallest absolute Gasteiger partial charge is 0.248 e. The van der Waals surface area contributed by atoms with E-state index in [-0.39, 0.29) is 17.9 Å². The second kappa shape index (κ2) is 5.48. The van der Waals surface area contributed by atoms with Gasteiger partial charge >= 0.3 is 0 Å². The maximum Gasteiger partial charge on any atom is 0.248 e. The van der Waals surface area contributed by atoms with Gasteiger partial charge < -0.3 is 11.1 Å². The van der Waals surface area contributed by atoms with Gasteiger partial charge in [0.2, 0.25) is 5.91 Å². The van der Waals surface area contributed by atoms with Crippen molar-refractivity contribution in [1.29, 1.82) is 0 Å². The fourth-order valence-electron chi connectivity index (χ4n) is 1.64. The number of rotatable bonds is 4. The first-order valence-electron chi connectivity index (χ1n) is 5.64. The highest BCUT2D eigenvalue weighted by atomic mass is 19.1. The van der Waals surface area contributed by atoms with E-state index in [1.54, 1.807) is 12.1 Å². The van der Waals surface area contributed by atoms with Crippen LogP contribution in [0.25, 0.3) is 0 Å². The van der Waals surface area contributed by atoms with Gasteiger partial charge in [0, 0.05) is 23.4 Å². The van der Waals surface area contributed by atoms with Crippen LogP contribution in [0, 0.1) is 11.6 Å². The third-order valence-corrected chi connectivity index (χ3v) is 2.65. The standard InChI is InChI=1S/C14H12F2N2O/c15-11-2-1-3-12(7-11)18-8-10-5-4-9(14(17)19)6-13(10)16/h1-7,18H,8H2,(H2,17,19). The summed E-state index contributed by atoms with van der Waals surface area (Å²) < 4.78 is 26.6. The average molecular weight is 262 g/mol. The summed E-state index contributed by atoms with van der Waals surface area (Å²) in [5.74, 6) is -1.57. The van der Waals surface area contributed by atoms with E-state index in [9.17, 15) is 13.6 Å². The van der Waals surface area contributed by atoms with Crippen molar-refractivity contribution in [3.05, 3.63) is 65.2 Å². The summed E-state index contributed by atoms with van der Waals surface area (Å²) in [6, 6.07) is 9.90.